The van der Waals surface area contributed by atoms with Gasteiger partial charge in [0.25, 0.3) is 0 Å². The van der Waals surface area contributed by atoms with Gasteiger partial charge in [-0.2, -0.15) is 0 Å². The first-order valence-electron chi connectivity index (χ1n) is 2.28. The van der Waals surface area contributed by atoms with E-state index in [1.54, 1.807) is 0 Å². The number of hydrogen-bond donors (Lipinski definition) is 4. The number of carbonyl (C=O) groups is 2. The molecule has 0 aliphatic carbocycles. The minimum atomic E-state index is -2.27. The van der Waals surface area contributed by atoms with E-state index < -0.39 is 24.1 Å². The lowest BCUT2D eigenvalue weighted by atomic mass is 10.2. The summed E-state index contributed by atoms with van der Waals surface area (Å²) in [4.78, 5) is 19.5. The van der Waals surface area contributed by atoms with Gasteiger partial charge in [0, 0.05) is 0 Å². The largest absolute Gasteiger partial charge is 1.00 e. The van der Waals surface area contributed by atoms with Crippen molar-refractivity contribution in [3.05, 3.63) is 0 Å². The molecule has 0 aromatic heterocycles. The molecule has 0 spiro atoms. The normalized spacial score (nSPS) is 15.8. The second-order valence-corrected chi connectivity index (χ2v) is 1.57. The molecule has 0 saturated heterocycles. The van der Waals surface area contributed by atoms with Crippen LogP contribution in [0, 0.1) is 0 Å². The summed E-state index contributed by atoms with van der Waals surface area (Å²) in [5.41, 5.74) is 0. The molecule has 0 aliphatic heterocycles. The molecule has 0 aliphatic rings. The lowest BCUT2D eigenvalue weighted by Crippen LogP contribution is -2.39. The van der Waals surface area contributed by atoms with E-state index in [1.807, 2.05) is 0 Å². The number of aliphatic hydroxyl groups excluding tert-OH is 2. The summed E-state index contributed by atoms with van der Waals surface area (Å²) >= 11 is 0. The van der Waals surface area contributed by atoms with Crippen molar-refractivity contribution in [3.63, 3.8) is 0 Å². The number of hydrogen-bond acceptors (Lipinski definition) is 4. The van der Waals surface area contributed by atoms with E-state index in [9.17, 15) is 9.59 Å². The van der Waals surface area contributed by atoms with Crippen LogP contribution < -0.4 is 0 Å². The fraction of sp³-hybridized carbons (Fsp3) is 0.500. The summed E-state index contributed by atoms with van der Waals surface area (Å²) in [5.74, 6) is -3.54. The zero-order chi connectivity index (χ0) is 8.31. The molecule has 4 N–H and O–H groups in total. The van der Waals surface area contributed by atoms with Crippen molar-refractivity contribution in [2.45, 2.75) is 12.2 Å². The van der Waals surface area contributed by atoms with Crippen LogP contribution in [-0.4, -0.2) is 44.6 Å². The maximum atomic E-state index is 9.77. The van der Waals surface area contributed by atoms with Crippen molar-refractivity contribution >= 4 is 11.9 Å². The predicted octanol–water partition coefficient (Wildman–Crippen LogP) is -2.01. The number of rotatable bonds is 3. The average molecular weight is 151 g/mol. The molecule has 2 unspecified atom stereocenters. The van der Waals surface area contributed by atoms with Gasteiger partial charge in [-0.15, -0.1) is 0 Å². The van der Waals surface area contributed by atoms with Crippen molar-refractivity contribution in [3.8, 4) is 0 Å². The Balaban J connectivity index is 0. The molecule has 0 saturated carbocycles. The van der Waals surface area contributed by atoms with Crippen LogP contribution in [0.1, 0.15) is 1.43 Å². The minimum Gasteiger partial charge on any atom is -0.479 e. The molecule has 0 bridgehead atoms. The fourth-order valence-electron chi connectivity index (χ4n) is 0.270. The van der Waals surface area contributed by atoms with Gasteiger partial charge in [-0.25, -0.2) is 9.59 Å². The molecule has 0 rings (SSSR count). The summed E-state index contributed by atoms with van der Waals surface area (Å²) in [6.07, 6.45) is -4.53. The molecule has 10 heavy (non-hydrogen) atoms. The molecule has 6 heteroatoms. The SMILES string of the molecule is O=C(O)C(O)C(O)C(=O)O.[H+]. The van der Waals surface area contributed by atoms with Crippen LogP contribution in [0.2, 0.25) is 0 Å². The average Bonchev–Trinajstić information content (AvgIpc) is 1.84. The van der Waals surface area contributed by atoms with Gasteiger partial charge in [-0.3, -0.25) is 0 Å². The third-order valence-corrected chi connectivity index (χ3v) is 0.805. The highest BCUT2D eigenvalue weighted by Gasteiger charge is 2.29. The molecular weight excluding hydrogens is 144 g/mol. The zero-order valence-corrected chi connectivity index (χ0v) is 4.76. The Hall–Kier alpha value is -1.14. The summed E-state index contributed by atoms with van der Waals surface area (Å²) in [7, 11) is 0. The van der Waals surface area contributed by atoms with E-state index in [2.05, 4.69) is 0 Å². The van der Waals surface area contributed by atoms with Crippen LogP contribution in [0.3, 0.4) is 0 Å². The summed E-state index contributed by atoms with van der Waals surface area (Å²) < 4.78 is 0. The van der Waals surface area contributed by atoms with Gasteiger partial charge in [0.1, 0.15) is 0 Å². The second kappa shape index (κ2) is 3.14. The first kappa shape index (κ1) is 8.86. The van der Waals surface area contributed by atoms with Crippen molar-refractivity contribution in [2.75, 3.05) is 0 Å². The van der Waals surface area contributed by atoms with Gasteiger partial charge in [-0.1, -0.05) is 0 Å². The Bertz CT molecular complexity index is 139. The quantitative estimate of drug-likeness (QED) is 0.370. The first-order chi connectivity index (χ1) is 4.46. The van der Waals surface area contributed by atoms with Gasteiger partial charge in [-0.05, 0) is 0 Å². The third kappa shape index (κ3) is 2.00. The highest BCUT2D eigenvalue weighted by molar-refractivity contribution is 5.82. The summed E-state index contributed by atoms with van der Waals surface area (Å²) in [6.45, 7) is 0. The van der Waals surface area contributed by atoms with Gasteiger partial charge < -0.3 is 20.4 Å². The molecule has 0 amide bonds. The van der Waals surface area contributed by atoms with Crippen LogP contribution >= 0.6 is 0 Å². The molecule has 0 heterocycles. The second-order valence-electron chi connectivity index (χ2n) is 1.57. The van der Waals surface area contributed by atoms with Crippen LogP contribution in [0.15, 0.2) is 0 Å². The van der Waals surface area contributed by atoms with Crippen LogP contribution in [0.4, 0.5) is 0 Å². The maximum absolute atomic E-state index is 9.77. The van der Waals surface area contributed by atoms with Crippen molar-refractivity contribution in [1.29, 1.82) is 0 Å². The molecular formula is C4H7O6+. The summed E-state index contributed by atoms with van der Waals surface area (Å²) in [5, 5.41) is 32.5. The zero-order valence-electron chi connectivity index (χ0n) is 5.76. The number of aliphatic hydroxyl groups is 2. The Morgan fingerprint density at radius 2 is 1.20 bits per heavy atom. The lowest BCUT2D eigenvalue weighted by molar-refractivity contribution is -0.165. The maximum Gasteiger partial charge on any atom is 1.00 e. The van der Waals surface area contributed by atoms with Crippen molar-refractivity contribution < 1.29 is 31.4 Å². The Kier molecular flexibility index (Phi) is 2.78. The standard InChI is InChI=1S/C4H6O6/c5-1(3(7)8)2(6)4(9)10/h1-2,5-6H,(H,7,8)(H,9,10)/p+1. The fourth-order valence-corrected chi connectivity index (χ4v) is 0.270. The van der Waals surface area contributed by atoms with E-state index in [1.165, 1.54) is 0 Å². The summed E-state index contributed by atoms with van der Waals surface area (Å²) in [6, 6.07) is 0. The minimum absolute atomic E-state index is 0. The molecule has 0 radical (unpaired) electrons. The predicted molar refractivity (Wildman–Crippen MR) is 28.4 cm³/mol. The molecule has 0 aromatic carbocycles. The van der Waals surface area contributed by atoms with E-state index in [4.69, 9.17) is 20.4 Å². The van der Waals surface area contributed by atoms with E-state index in [0.717, 1.165) is 0 Å². The van der Waals surface area contributed by atoms with Gasteiger partial charge in [0.2, 0.25) is 0 Å². The van der Waals surface area contributed by atoms with Gasteiger partial charge >= 0.3 is 13.4 Å². The van der Waals surface area contributed by atoms with Crippen LogP contribution in [-0.2, 0) is 9.59 Å². The smallest absolute Gasteiger partial charge is 0.479 e. The Morgan fingerprint density at radius 3 is 1.30 bits per heavy atom. The molecule has 2 atom stereocenters. The first-order valence-corrected chi connectivity index (χ1v) is 2.28. The monoisotopic (exact) mass is 151 g/mol. The number of carboxylic acids is 2. The number of carboxylic acid groups (broad SMARTS) is 2. The van der Waals surface area contributed by atoms with Gasteiger partial charge in [0.15, 0.2) is 12.2 Å². The topological polar surface area (TPSA) is 115 Å². The molecule has 6 nitrogen and oxygen atoms in total. The van der Waals surface area contributed by atoms with Crippen LogP contribution in [0.25, 0.3) is 0 Å². The highest BCUT2D eigenvalue weighted by atomic mass is 16.4. The van der Waals surface area contributed by atoms with Crippen molar-refractivity contribution in [2.24, 2.45) is 0 Å². The van der Waals surface area contributed by atoms with E-state index in [0.29, 0.717) is 0 Å². The number of aliphatic carboxylic acids is 2. The lowest BCUT2D eigenvalue weighted by Gasteiger charge is -2.07. The third-order valence-electron chi connectivity index (χ3n) is 0.805. The van der Waals surface area contributed by atoms with E-state index >= 15 is 0 Å². The molecule has 58 valence electrons. The van der Waals surface area contributed by atoms with E-state index in [-0.39, 0.29) is 1.43 Å². The Morgan fingerprint density at radius 1 is 1.00 bits per heavy atom. The van der Waals surface area contributed by atoms with Crippen LogP contribution in [0.5, 0.6) is 0 Å². The molecule has 0 aromatic rings. The highest BCUT2D eigenvalue weighted by Crippen LogP contribution is 1.92. The van der Waals surface area contributed by atoms with Gasteiger partial charge in [0.05, 0.1) is 0 Å². The Labute approximate surface area is 56.8 Å². The molecule has 0 fully saturated rings. The van der Waals surface area contributed by atoms with Crippen molar-refractivity contribution in [1.82, 2.24) is 0 Å².